The molecular formula is C18H22FNO. The summed E-state index contributed by atoms with van der Waals surface area (Å²) in [5.74, 6) is 0.587. The summed E-state index contributed by atoms with van der Waals surface area (Å²) in [4.78, 5) is 0. The molecule has 0 aromatic heterocycles. The molecule has 0 spiro atoms. The second-order valence-electron chi connectivity index (χ2n) is 6.13. The van der Waals surface area contributed by atoms with Gasteiger partial charge >= 0.3 is 0 Å². The van der Waals surface area contributed by atoms with Crippen LogP contribution in [0.2, 0.25) is 0 Å². The lowest BCUT2D eigenvalue weighted by Gasteiger charge is -2.19. The van der Waals surface area contributed by atoms with E-state index in [1.165, 1.54) is 11.6 Å². The third-order valence-corrected chi connectivity index (χ3v) is 3.36. The topological polar surface area (TPSA) is 21.3 Å². The third kappa shape index (κ3) is 3.82. The van der Waals surface area contributed by atoms with E-state index in [2.05, 4.69) is 26.1 Å². The van der Waals surface area contributed by atoms with Crippen LogP contribution in [0.4, 0.5) is 4.39 Å². The molecule has 21 heavy (non-hydrogen) atoms. The first-order chi connectivity index (χ1) is 9.91. The van der Waals surface area contributed by atoms with E-state index in [9.17, 15) is 4.39 Å². The molecule has 2 aromatic rings. The zero-order valence-electron chi connectivity index (χ0n) is 13.0. The summed E-state index contributed by atoms with van der Waals surface area (Å²) >= 11 is 0. The molecule has 2 nitrogen and oxygen atoms in total. The summed E-state index contributed by atoms with van der Waals surface area (Å²) in [6.07, 6.45) is 0. The molecule has 0 fully saturated rings. The summed E-state index contributed by atoms with van der Waals surface area (Å²) in [6, 6.07) is 12.8. The minimum absolute atomic E-state index is 0.0911. The van der Waals surface area contributed by atoms with E-state index < -0.39 is 0 Å². The maximum Gasteiger partial charge on any atom is 0.167 e. The molecule has 2 rings (SSSR count). The molecule has 0 saturated carbocycles. The monoisotopic (exact) mass is 287 g/mol. The molecule has 0 atom stereocenters. The number of halogens is 1. The highest BCUT2D eigenvalue weighted by molar-refractivity contribution is 5.40. The lowest BCUT2D eigenvalue weighted by molar-refractivity contribution is 0.434. The van der Waals surface area contributed by atoms with E-state index in [1.807, 2.05) is 37.4 Å². The number of ether oxygens (including phenoxy) is 1. The van der Waals surface area contributed by atoms with E-state index in [0.717, 1.165) is 5.56 Å². The predicted molar refractivity (Wildman–Crippen MR) is 84.4 cm³/mol. The van der Waals surface area contributed by atoms with Crippen molar-refractivity contribution in [3.63, 3.8) is 0 Å². The first kappa shape index (κ1) is 15.5. The molecule has 0 bridgehead atoms. The zero-order valence-corrected chi connectivity index (χ0v) is 13.0. The van der Waals surface area contributed by atoms with Gasteiger partial charge in [-0.3, -0.25) is 0 Å². The summed E-state index contributed by atoms with van der Waals surface area (Å²) < 4.78 is 19.7. The van der Waals surface area contributed by atoms with Gasteiger partial charge in [-0.2, -0.15) is 0 Å². The Morgan fingerprint density at radius 3 is 2.29 bits per heavy atom. The number of rotatable bonds is 4. The van der Waals surface area contributed by atoms with Crippen molar-refractivity contribution in [1.29, 1.82) is 0 Å². The number of nitrogens with one attached hydrogen (secondary N) is 1. The molecule has 3 heteroatoms. The Labute approximate surface area is 126 Å². The maximum atomic E-state index is 14.0. The fraction of sp³-hybridized carbons (Fsp3) is 0.333. The largest absolute Gasteiger partial charge is 0.454 e. The molecule has 0 unspecified atom stereocenters. The lowest BCUT2D eigenvalue weighted by atomic mass is 9.87. The van der Waals surface area contributed by atoms with Gasteiger partial charge in [0.25, 0.3) is 0 Å². The molecule has 0 radical (unpaired) electrons. The second kappa shape index (κ2) is 6.27. The van der Waals surface area contributed by atoms with Crippen LogP contribution in [0.15, 0.2) is 42.5 Å². The molecule has 0 saturated heterocycles. The highest BCUT2D eigenvalue weighted by atomic mass is 19.1. The van der Waals surface area contributed by atoms with Crippen LogP contribution < -0.4 is 10.1 Å². The van der Waals surface area contributed by atoms with Crippen LogP contribution in [-0.4, -0.2) is 7.05 Å². The summed E-state index contributed by atoms with van der Waals surface area (Å²) in [6.45, 7) is 7.04. The molecule has 0 aliphatic rings. The fourth-order valence-electron chi connectivity index (χ4n) is 2.14. The van der Waals surface area contributed by atoms with E-state index >= 15 is 0 Å². The molecule has 0 amide bonds. The van der Waals surface area contributed by atoms with Gasteiger partial charge in [-0.05, 0) is 36.2 Å². The molecule has 112 valence electrons. The van der Waals surface area contributed by atoms with Crippen molar-refractivity contribution in [1.82, 2.24) is 5.32 Å². The van der Waals surface area contributed by atoms with Gasteiger partial charge in [0, 0.05) is 12.1 Å². The Bertz CT molecular complexity index is 600. The van der Waals surface area contributed by atoms with Gasteiger partial charge in [0.05, 0.1) is 0 Å². The van der Waals surface area contributed by atoms with Crippen LogP contribution in [0.1, 0.15) is 31.9 Å². The summed E-state index contributed by atoms with van der Waals surface area (Å²) in [5.41, 5.74) is 2.12. The molecule has 0 aliphatic carbocycles. The van der Waals surface area contributed by atoms with E-state index in [1.54, 1.807) is 6.07 Å². The predicted octanol–water partition coefficient (Wildman–Crippen LogP) is 4.63. The van der Waals surface area contributed by atoms with Crippen molar-refractivity contribution in [2.45, 2.75) is 32.7 Å². The van der Waals surface area contributed by atoms with E-state index in [4.69, 9.17) is 4.74 Å². The normalized spacial score (nSPS) is 11.5. The van der Waals surface area contributed by atoms with Gasteiger partial charge in [0.2, 0.25) is 0 Å². The second-order valence-corrected chi connectivity index (χ2v) is 6.13. The summed E-state index contributed by atoms with van der Waals surface area (Å²) in [7, 11) is 1.83. The average Bonchev–Trinajstić information content (AvgIpc) is 2.42. The van der Waals surface area contributed by atoms with E-state index in [-0.39, 0.29) is 17.0 Å². The summed E-state index contributed by atoms with van der Waals surface area (Å²) in [5, 5.41) is 3.02. The van der Waals surface area contributed by atoms with Gasteiger partial charge < -0.3 is 10.1 Å². The Balaban J connectivity index is 2.26. The minimum Gasteiger partial charge on any atom is -0.454 e. The number of benzene rings is 2. The van der Waals surface area contributed by atoms with Crippen molar-refractivity contribution < 1.29 is 9.13 Å². The van der Waals surface area contributed by atoms with Gasteiger partial charge in [-0.25, -0.2) is 4.39 Å². The van der Waals surface area contributed by atoms with Crippen molar-refractivity contribution in [2.75, 3.05) is 7.05 Å². The number of hydrogen-bond donors (Lipinski definition) is 1. The van der Waals surface area contributed by atoms with Gasteiger partial charge in [-0.1, -0.05) is 45.0 Å². The van der Waals surface area contributed by atoms with Crippen molar-refractivity contribution in [3.05, 3.63) is 59.4 Å². The quantitative estimate of drug-likeness (QED) is 0.885. The van der Waals surface area contributed by atoms with Crippen molar-refractivity contribution >= 4 is 0 Å². The standard InChI is InChI=1S/C18H22FNO/c1-18(2,3)14-8-10-15(11-9-14)21-17-13(12-20-4)6-5-7-16(17)19/h5-11,20H,12H2,1-4H3. The first-order valence-electron chi connectivity index (χ1n) is 7.12. The zero-order chi connectivity index (χ0) is 15.5. The van der Waals surface area contributed by atoms with Crippen molar-refractivity contribution in [2.24, 2.45) is 0 Å². The molecule has 0 aliphatic heterocycles. The van der Waals surface area contributed by atoms with Crippen LogP contribution in [-0.2, 0) is 12.0 Å². The molecular weight excluding hydrogens is 265 g/mol. The maximum absolute atomic E-state index is 14.0. The fourth-order valence-corrected chi connectivity index (χ4v) is 2.14. The van der Waals surface area contributed by atoms with Crippen LogP contribution in [0.25, 0.3) is 0 Å². The number of hydrogen-bond acceptors (Lipinski definition) is 2. The minimum atomic E-state index is -0.345. The smallest absolute Gasteiger partial charge is 0.167 e. The van der Waals surface area contributed by atoms with Gasteiger partial charge in [0.1, 0.15) is 5.75 Å². The van der Waals surface area contributed by atoms with Crippen molar-refractivity contribution in [3.8, 4) is 11.5 Å². The van der Waals surface area contributed by atoms with E-state index in [0.29, 0.717) is 12.3 Å². The van der Waals surface area contributed by atoms with Crippen LogP contribution in [0.3, 0.4) is 0 Å². The first-order valence-corrected chi connectivity index (χ1v) is 7.12. The van der Waals surface area contributed by atoms with Crippen LogP contribution >= 0.6 is 0 Å². The Morgan fingerprint density at radius 2 is 1.71 bits per heavy atom. The van der Waals surface area contributed by atoms with Crippen LogP contribution in [0, 0.1) is 5.82 Å². The van der Waals surface area contributed by atoms with Crippen LogP contribution in [0.5, 0.6) is 11.5 Å². The molecule has 0 heterocycles. The third-order valence-electron chi connectivity index (χ3n) is 3.36. The highest BCUT2D eigenvalue weighted by Gasteiger charge is 2.14. The number of para-hydroxylation sites is 1. The Morgan fingerprint density at radius 1 is 1.05 bits per heavy atom. The average molecular weight is 287 g/mol. The SMILES string of the molecule is CNCc1cccc(F)c1Oc1ccc(C(C)(C)C)cc1. The molecule has 1 N–H and O–H groups in total. The lowest BCUT2D eigenvalue weighted by Crippen LogP contribution is -2.10. The molecule has 2 aromatic carbocycles. The Kier molecular flexibility index (Phi) is 4.63. The highest BCUT2D eigenvalue weighted by Crippen LogP contribution is 2.30. The Hall–Kier alpha value is -1.87. The van der Waals surface area contributed by atoms with Gasteiger partial charge in [-0.15, -0.1) is 0 Å². The van der Waals surface area contributed by atoms with Gasteiger partial charge in [0.15, 0.2) is 11.6 Å².